The van der Waals surface area contributed by atoms with Gasteiger partial charge in [-0.15, -0.1) is 0 Å². The number of hydrogen-bond acceptors (Lipinski definition) is 3. The van der Waals surface area contributed by atoms with Gasteiger partial charge in [-0.05, 0) is 38.0 Å². The predicted molar refractivity (Wildman–Crippen MR) is 80.3 cm³/mol. The molecule has 5 heteroatoms. The number of rotatable bonds is 7. The quantitative estimate of drug-likeness (QED) is 0.839. The summed E-state index contributed by atoms with van der Waals surface area (Å²) in [6, 6.07) is 6.85. The molecule has 5 nitrogen and oxygen atoms in total. The number of aliphatic carboxylic acids is 1. The standard InChI is InChI=1S/C16H23NO4/c1-5-11-17(12(3)18)16(4,15(19)20)13-7-9-14(10-8-13)21-6-2/h7-10H,5-6,11H2,1-4H3,(H,19,20). The van der Waals surface area contributed by atoms with Gasteiger partial charge in [-0.3, -0.25) is 4.79 Å². The van der Waals surface area contributed by atoms with Crippen molar-refractivity contribution in [2.75, 3.05) is 13.2 Å². The first-order chi connectivity index (χ1) is 9.87. The molecule has 0 bridgehead atoms. The largest absolute Gasteiger partial charge is 0.494 e. The lowest BCUT2D eigenvalue weighted by Crippen LogP contribution is -2.52. The van der Waals surface area contributed by atoms with E-state index in [0.29, 0.717) is 30.9 Å². The molecule has 0 aliphatic heterocycles. The van der Waals surface area contributed by atoms with Gasteiger partial charge in [0.25, 0.3) is 0 Å². The third kappa shape index (κ3) is 3.54. The minimum absolute atomic E-state index is 0.254. The van der Waals surface area contributed by atoms with Gasteiger partial charge in [0.2, 0.25) is 5.91 Å². The van der Waals surface area contributed by atoms with E-state index in [-0.39, 0.29) is 5.91 Å². The van der Waals surface area contributed by atoms with E-state index in [0.717, 1.165) is 0 Å². The van der Waals surface area contributed by atoms with Crippen LogP contribution in [-0.4, -0.2) is 35.0 Å². The van der Waals surface area contributed by atoms with Gasteiger partial charge in [0.15, 0.2) is 5.54 Å². The SMILES string of the molecule is CCCN(C(C)=O)C(C)(C(=O)O)c1ccc(OCC)cc1. The second kappa shape index (κ2) is 7.11. The summed E-state index contributed by atoms with van der Waals surface area (Å²) in [6.07, 6.45) is 0.694. The summed E-state index contributed by atoms with van der Waals surface area (Å²) in [5.41, 5.74) is -0.825. The number of carbonyl (C=O) groups excluding carboxylic acids is 1. The molecule has 0 aromatic heterocycles. The third-order valence-corrected chi connectivity index (χ3v) is 3.51. The van der Waals surface area contributed by atoms with Gasteiger partial charge in [0.1, 0.15) is 5.75 Å². The molecule has 1 aromatic carbocycles. The molecule has 0 spiro atoms. The number of amides is 1. The number of carboxylic acid groups (broad SMARTS) is 1. The zero-order valence-electron chi connectivity index (χ0n) is 13.0. The first-order valence-electron chi connectivity index (χ1n) is 7.12. The average molecular weight is 293 g/mol. The van der Waals surface area contributed by atoms with Crippen molar-refractivity contribution in [1.29, 1.82) is 0 Å². The summed E-state index contributed by atoms with van der Waals surface area (Å²) in [5.74, 6) is -0.621. The van der Waals surface area contributed by atoms with Gasteiger partial charge in [0, 0.05) is 13.5 Å². The van der Waals surface area contributed by atoms with Gasteiger partial charge < -0.3 is 14.7 Å². The molecule has 1 unspecified atom stereocenters. The summed E-state index contributed by atoms with van der Waals surface area (Å²) in [4.78, 5) is 25.1. The summed E-state index contributed by atoms with van der Waals surface area (Å²) >= 11 is 0. The van der Waals surface area contributed by atoms with Crippen LogP contribution in [0, 0.1) is 0 Å². The molecule has 116 valence electrons. The van der Waals surface area contributed by atoms with Crippen molar-refractivity contribution in [1.82, 2.24) is 4.90 Å². The number of carboxylic acids is 1. The highest BCUT2D eigenvalue weighted by Gasteiger charge is 2.42. The number of carbonyl (C=O) groups is 2. The maximum absolute atomic E-state index is 11.9. The molecule has 1 atom stereocenters. The Balaban J connectivity index is 3.25. The van der Waals surface area contributed by atoms with Crippen LogP contribution in [0.25, 0.3) is 0 Å². The van der Waals surface area contributed by atoms with E-state index in [9.17, 15) is 14.7 Å². The summed E-state index contributed by atoms with van der Waals surface area (Å²) < 4.78 is 5.36. The first-order valence-corrected chi connectivity index (χ1v) is 7.12. The normalized spacial score (nSPS) is 13.3. The Hall–Kier alpha value is -2.04. The van der Waals surface area contributed by atoms with E-state index in [4.69, 9.17) is 4.74 Å². The van der Waals surface area contributed by atoms with Crippen molar-refractivity contribution in [3.8, 4) is 5.75 Å². The van der Waals surface area contributed by atoms with Crippen molar-refractivity contribution < 1.29 is 19.4 Å². The highest BCUT2D eigenvalue weighted by atomic mass is 16.5. The zero-order chi connectivity index (χ0) is 16.0. The van der Waals surface area contributed by atoms with Crippen LogP contribution in [0.1, 0.15) is 39.7 Å². The molecule has 0 aliphatic rings. The highest BCUT2D eigenvalue weighted by molar-refractivity contribution is 5.87. The Morgan fingerprint density at radius 1 is 1.24 bits per heavy atom. The van der Waals surface area contributed by atoms with Crippen LogP contribution in [0.15, 0.2) is 24.3 Å². The van der Waals surface area contributed by atoms with Gasteiger partial charge in [0.05, 0.1) is 6.61 Å². The van der Waals surface area contributed by atoms with Crippen molar-refractivity contribution in [2.45, 2.75) is 39.7 Å². The molecule has 1 amide bonds. The summed E-state index contributed by atoms with van der Waals surface area (Å²) in [6.45, 7) is 7.69. The predicted octanol–water partition coefficient (Wildman–Crippen LogP) is 2.64. The second-order valence-corrected chi connectivity index (χ2v) is 5.01. The monoisotopic (exact) mass is 293 g/mol. The van der Waals surface area contributed by atoms with Gasteiger partial charge >= 0.3 is 5.97 Å². The molecule has 1 N–H and O–H groups in total. The fraction of sp³-hybridized carbons (Fsp3) is 0.500. The number of hydrogen-bond donors (Lipinski definition) is 1. The maximum atomic E-state index is 11.9. The molecule has 21 heavy (non-hydrogen) atoms. The van der Waals surface area contributed by atoms with Crippen LogP contribution in [0.2, 0.25) is 0 Å². The first kappa shape index (κ1) is 17.0. The zero-order valence-corrected chi connectivity index (χ0v) is 13.0. The minimum atomic E-state index is -1.38. The van der Waals surface area contributed by atoms with Crippen LogP contribution in [-0.2, 0) is 15.1 Å². The van der Waals surface area contributed by atoms with Crippen LogP contribution in [0.4, 0.5) is 0 Å². The molecular formula is C16H23NO4. The van der Waals surface area contributed by atoms with Crippen molar-refractivity contribution in [3.63, 3.8) is 0 Å². The summed E-state index contributed by atoms with van der Waals surface area (Å²) in [7, 11) is 0. The van der Waals surface area contributed by atoms with E-state index in [1.54, 1.807) is 31.2 Å². The lowest BCUT2D eigenvalue weighted by molar-refractivity contribution is -0.158. The third-order valence-electron chi connectivity index (χ3n) is 3.51. The van der Waals surface area contributed by atoms with Gasteiger partial charge in [-0.1, -0.05) is 19.1 Å². The molecule has 0 fully saturated rings. The molecule has 0 saturated carbocycles. The molecule has 1 rings (SSSR count). The van der Waals surface area contributed by atoms with Crippen LogP contribution >= 0.6 is 0 Å². The second-order valence-electron chi connectivity index (χ2n) is 5.01. The smallest absolute Gasteiger partial charge is 0.334 e. The molecule has 1 aromatic rings. The topological polar surface area (TPSA) is 66.8 Å². The molecule has 0 heterocycles. The van der Waals surface area contributed by atoms with E-state index < -0.39 is 11.5 Å². The molecular weight excluding hydrogens is 270 g/mol. The number of benzene rings is 1. The highest BCUT2D eigenvalue weighted by Crippen LogP contribution is 2.30. The summed E-state index contributed by atoms with van der Waals surface area (Å²) in [5, 5.41) is 9.68. The van der Waals surface area contributed by atoms with E-state index >= 15 is 0 Å². The fourth-order valence-corrected chi connectivity index (χ4v) is 2.36. The lowest BCUT2D eigenvalue weighted by Gasteiger charge is -2.37. The maximum Gasteiger partial charge on any atom is 0.334 e. The Bertz CT molecular complexity index is 498. The Labute approximate surface area is 125 Å². The van der Waals surface area contributed by atoms with Crippen molar-refractivity contribution >= 4 is 11.9 Å². The molecule has 0 aliphatic carbocycles. The Kier molecular flexibility index (Phi) is 5.76. The van der Waals surface area contributed by atoms with Crippen LogP contribution in [0.3, 0.4) is 0 Å². The molecule has 0 radical (unpaired) electrons. The van der Waals surface area contributed by atoms with E-state index in [1.807, 2.05) is 13.8 Å². The Morgan fingerprint density at radius 2 is 1.81 bits per heavy atom. The molecule has 0 saturated heterocycles. The van der Waals surface area contributed by atoms with Crippen LogP contribution < -0.4 is 4.74 Å². The van der Waals surface area contributed by atoms with E-state index in [2.05, 4.69) is 0 Å². The van der Waals surface area contributed by atoms with E-state index in [1.165, 1.54) is 11.8 Å². The Morgan fingerprint density at radius 3 is 2.19 bits per heavy atom. The average Bonchev–Trinajstić information content (AvgIpc) is 2.44. The minimum Gasteiger partial charge on any atom is -0.494 e. The van der Waals surface area contributed by atoms with Crippen molar-refractivity contribution in [2.24, 2.45) is 0 Å². The van der Waals surface area contributed by atoms with Gasteiger partial charge in [-0.25, -0.2) is 4.79 Å². The number of ether oxygens (including phenoxy) is 1. The fourth-order valence-electron chi connectivity index (χ4n) is 2.36. The van der Waals surface area contributed by atoms with Crippen molar-refractivity contribution in [3.05, 3.63) is 29.8 Å². The van der Waals surface area contributed by atoms with Crippen LogP contribution in [0.5, 0.6) is 5.75 Å². The number of nitrogens with zero attached hydrogens (tertiary/aromatic N) is 1. The lowest BCUT2D eigenvalue weighted by atomic mass is 9.89. The van der Waals surface area contributed by atoms with Gasteiger partial charge in [-0.2, -0.15) is 0 Å².